The Labute approximate surface area is 128 Å². The molecule has 0 radical (unpaired) electrons. The first kappa shape index (κ1) is 15.0. The number of pyridine rings is 1. The molecular formula is C14H17N3O4S. The zero-order valence-electron chi connectivity index (χ0n) is 11.9. The molecule has 2 unspecified atom stereocenters. The van der Waals surface area contributed by atoms with E-state index in [2.05, 4.69) is 10.3 Å². The van der Waals surface area contributed by atoms with Crippen molar-refractivity contribution in [3.8, 4) is 0 Å². The molecule has 2 amide bonds. The minimum absolute atomic E-state index is 0.00821. The van der Waals surface area contributed by atoms with Gasteiger partial charge in [-0.2, -0.15) is 0 Å². The highest BCUT2D eigenvalue weighted by Gasteiger charge is 2.37. The summed E-state index contributed by atoms with van der Waals surface area (Å²) in [5.41, 5.74) is 0.672. The molecule has 2 aliphatic heterocycles. The molecule has 8 heteroatoms. The van der Waals surface area contributed by atoms with Gasteiger partial charge in [-0.15, -0.1) is 0 Å². The quantitative estimate of drug-likeness (QED) is 0.826. The van der Waals surface area contributed by atoms with Crippen molar-refractivity contribution in [3.63, 3.8) is 0 Å². The van der Waals surface area contributed by atoms with E-state index in [-0.39, 0.29) is 35.8 Å². The standard InChI is InChI=1S/C14H17N3O4S/c18-13-6-10(8-17(13)12-2-1-4-15-7-12)14(19)16-11-3-5-22(20,21)9-11/h1-2,4,7,10-11H,3,5-6,8-9H2,(H,16,19). The molecule has 1 aromatic heterocycles. The minimum atomic E-state index is -3.03. The Morgan fingerprint density at radius 1 is 1.41 bits per heavy atom. The van der Waals surface area contributed by atoms with Crippen molar-refractivity contribution in [3.05, 3.63) is 24.5 Å². The van der Waals surface area contributed by atoms with E-state index in [0.717, 1.165) is 0 Å². The van der Waals surface area contributed by atoms with Crippen LogP contribution in [0.25, 0.3) is 0 Å². The Bertz CT molecular complexity index is 689. The van der Waals surface area contributed by atoms with E-state index in [4.69, 9.17) is 0 Å². The maximum Gasteiger partial charge on any atom is 0.227 e. The molecule has 22 heavy (non-hydrogen) atoms. The van der Waals surface area contributed by atoms with Gasteiger partial charge in [0.15, 0.2) is 9.84 Å². The Kier molecular flexibility index (Phi) is 3.86. The van der Waals surface area contributed by atoms with Crippen LogP contribution in [0.3, 0.4) is 0 Å². The third-order valence-electron chi connectivity index (χ3n) is 4.03. The summed E-state index contributed by atoms with van der Waals surface area (Å²) in [6.45, 7) is 0.301. The zero-order chi connectivity index (χ0) is 15.7. The van der Waals surface area contributed by atoms with Crippen LogP contribution in [-0.4, -0.2) is 49.3 Å². The normalized spacial score (nSPS) is 27.1. The number of hydrogen-bond acceptors (Lipinski definition) is 5. The summed E-state index contributed by atoms with van der Waals surface area (Å²) in [6, 6.07) is 3.17. The molecule has 118 valence electrons. The highest BCUT2D eigenvalue weighted by molar-refractivity contribution is 7.91. The van der Waals surface area contributed by atoms with Crippen molar-refractivity contribution < 1.29 is 18.0 Å². The summed E-state index contributed by atoms with van der Waals surface area (Å²) in [7, 11) is -3.03. The molecule has 0 bridgehead atoms. The minimum Gasteiger partial charge on any atom is -0.352 e. The van der Waals surface area contributed by atoms with Gasteiger partial charge in [0.1, 0.15) is 0 Å². The van der Waals surface area contributed by atoms with Gasteiger partial charge in [-0.25, -0.2) is 8.42 Å². The molecule has 2 aliphatic rings. The van der Waals surface area contributed by atoms with E-state index in [1.165, 1.54) is 0 Å². The molecule has 3 rings (SSSR count). The van der Waals surface area contributed by atoms with Gasteiger partial charge >= 0.3 is 0 Å². The zero-order valence-corrected chi connectivity index (χ0v) is 12.8. The van der Waals surface area contributed by atoms with Crippen LogP contribution in [0.15, 0.2) is 24.5 Å². The maximum absolute atomic E-state index is 12.2. The van der Waals surface area contributed by atoms with Crippen molar-refractivity contribution in [1.82, 2.24) is 10.3 Å². The molecule has 7 nitrogen and oxygen atoms in total. The second-order valence-electron chi connectivity index (χ2n) is 5.73. The number of amides is 2. The summed E-state index contributed by atoms with van der Waals surface area (Å²) in [5.74, 6) is -0.709. The van der Waals surface area contributed by atoms with E-state index in [9.17, 15) is 18.0 Å². The number of nitrogens with zero attached hydrogens (tertiary/aromatic N) is 2. The average molecular weight is 323 g/mol. The molecule has 1 aromatic rings. The predicted molar refractivity (Wildman–Crippen MR) is 79.9 cm³/mol. The topological polar surface area (TPSA) is 96.4 Å². The first-order valence-electron chi connectivity index (χ1n) is 7.16. The second kappa shape index (κ2) is 5.68. The van der Waals surface area contributed by atoms with Crippen LogP contribution in [0.2, 0.25) is 0 Å². The van der Waals surface area contributed by atoms with Crippen molar-refractivity contribution in [2.24, 2.45) is 5.92 Å². The number of nitrogens with one attached hydrogen (secondary N) is 1. The van der Waals surface area contributed by atoms with E-state index >= 15 is 0 Å². The Morgan fingerprint density at radius 3 is 2.86 bits per heavy atom. The van der Waals surface area contributed by atoms with E-state index in [1.54, 1.807) is 29.4 Å². The lowest BCUT2D eigenvalue weighted by Gasteiger charge is -2.17. The van der Waals surface area contributed by atoms with Crippen molar-refractivity contribution in [2.75, 3.05) is 23.0 Å². The molecule has 2 fully saturated rings. The molecule has 3 heterocycles. The molecular weight excluding hydrogens is 306 g/mol. The van der Waals surface area contributed by atoms with Gasteiger partial charge in [0.05, 0.1) is 29.3 Å². The molecule has 0 aromatic carbocycles. The summed E-state index contributed by atoms with van der Waals surface area (Å²) in [6.07, 6.45) is 3.79. The van der Waals surface area contributed by atoms with Gasteiger partial charge in [-0.05, 0) is 18.6 Å². The highest BCUT2D eigenvalue weighted by Crippen LogP contribution is 2.24. The third kappa shape index (κ3) is 3.11. The molecule has 0 spiro atoms. The Hall–Kier alpha value is -1.96. The van der Waals surface area contributed by atoms with Gasteiger partial charge in [0, 0.05) is 25.2 Å². The van der Waals surface area contributed by atoms with Crippen LogP contribution in [0.1, 0.15) is 12.8 Å². The van der Waals surface area contributed by atoms with E-state index < -0.39 is 15.8 Å². The molecule has 0 aliphatic carbocycles. The fraction of sp³-hybridized carbons (Fsp3) is 0.500. The average Bonchev–Trinajstić information content (AvgIpc) is 3.02. The number of anilines is 1. The van der Waals surface area contributed by atoms with Crippen LogP contribution in [0.4, 0.5) is 5.69 Å². The van der Waals surface area contributed by atoms with Gasteiger partial charge in [-0.1, -0.05) is 0 Å². The summed E-state index contributed by atoms with van der Waals surface area (Å²) < 4.78 is 22.8. The number of carbonyl (C=O) groups is 2. The van der Waals surface area contributed by atoms with E-state index in [0.29, 0.717) is 18.7 Å². The fourth-order valence-electron chi connectivity index (χ4n) is 2.87. The van der Waals surface area contributed by atoms with Crippen LogP contribution in [0.5, 0.6) is 0 Å². The SMILES string of the molecule is O=C(NC1CCS(=O)(=O)C1)C1CC(=O)N(c2cccnc2)C1. The van der Waals surface area contributed by atoms with Crippen LogP contribution in [-0.2, 0) is 19.4 Å². The molecule has 2 saturated heterocycles. The molecule has 2 atom stereocenters. The highest BCUT2D eigenvalue weighted by atomic mass is 32.2. The second-order valence-corrected chi connectivity index (χ2v) is 7.95. The number of aromatic nitrogens is 1. The van der Waals surface area contributed by atoms with Crippen LogP contribution < -0.4 is 10.2 Å². The molecule has 1 N–H and O–H groups in total. The first-order chi connectivity index (χ1) is 10.4. The monoisotopic (exact) mass is 323 g/mol. The van der Waals surface area contributed by atoms with Crippen molar-refractivity contribution in [2.45, 2.75) is 18.9 Å². The fourth-order valence-corrected chi connectivity index (χ4v) is 4.55. The summed E-state index contributed by atoms with van der Waals surface area (Å²) in [4.78, 5) is 29.8. The lowest BCUT2D eigenvalue weighted by Crippen LogP contribution is -2.40. The van der Waals surface area contributed by atoms with Gasteiger partial charge < -0.3 is 10.2 Å². The Morgan fingerprint density at radius 2 is 2.23 bits per heavy atom. The van der Waals surface area contributed by atoms with Gasteiger partial charge in [0.25, 0.3) is 0 Å². The maximum atomic E-state index is 12.2. The Balaban J connectivity index is 1.62. The van der Waals surface area contributed by atoms with Crippen LogP contribution in [0, 0.1) is 5.92 Å². The largest absolute Gasteiger partial charge is 0.352 e. The van der Waals surface area contributed by atoms with E-state index in [1.807, 2.05) is 0 Å². The van der Waals surface area contributed by atoms with Gasteiger partial charge in [0.2, 0.25) is 11.8 Å². The lowest BCUT2D eigenvalue weighted by molar-refractivity contribution is -0.126. The predicted octanol–water partition coefficient (Wildman–Crippen LogP) is -0.262. The molecule has 0 saturated carbocycles. The number of carbonyl (C=O) groups excluding carboxylic acids is 2. The number of hydrogen-bond donors (Lipinski definition) is 1. The van der Waals surface area contributed by atoms with Crippen LogP contribution >= 0.6 is 0 Å². The summed E-state index contributed by atoms with van der Waals surface area (Å²) >= 11 is 0. The first-order valence-corrected chi connectivity index (χ1v) is 8.98. The summed E-state index contributed by atoms with van der Waals surface area (Å²) in [5, 5.41) is 2.76. The number of sulfone groups is 1. The van der Waals surface area contributed by atoms with Crippen molar-refractivity contribution in [1.29, 1.82) is 0 Å². The van der Waals surface area contributed by atoms with Gasteiger partial charge in [-0.3, -0.25) is 14.6 Å². The third-order valence-corrected chi connectivity index (χ3v) is 5.80. The van der Waals surface area contributed by atoms with Crippen molar-refractivity contribution >= 4 is 27.3 Å². The number of rotatable bonds is 3. The smallest absolute Gasteiger partial charge is 0.227 e. The lowest BCUT2D eigenvalue weighted by atomic mass is 10.1.